The molecule has 2 heterocycles. The predicted molar refractivity (Wildman–Crippen MR) is 71.0 cm³/mol. The molecule has 0 N–H and O–H groups in total. The molecule has 1 saturated heterocycles. The van der Waals surface area contributed by atoms with Crippen molar-refractivity contribution >= 4 is 33.0 Å². The molecule has 0 unspecified atom stereocenters. The Morgan fingerprint density at radius 2 is 2.06 bits per heavy atom. The number of sulfonamides is 1. The highest BCUT2D eigenvalue weighted by Crippen LogP contribution is 2.28. The van der Waals surface area contributed by atoms with E-state index in [2.05, 4.69) is 6.92 Å². The van der Waals surface area contributed by atoms with Gasteiger partial charge < -0.3 is 0 Å². The van der Waals surface area contributed by atoms with Crippen LogP contribution in [-0.4, -0.2) is 25.8 Å². The zero-order valence-corrected chi connectivity index (χ0v) is 12.1. The number of rotatable bonds is 3. The Morgan fingerprint density at radius 1 is 1.41 bits per heavy atom. The number of hydrogen-bond donors (Lipinski definition) is 0. The van der Waals surface area contributed by atoms with Gasteiger partial charge in [-0.15, -0.1) is 22.9 Å². The Balaban J connectivity index is 2.18. The minimum atomic E-state index is -3.28. The van der Waals surface area contributed by atoms with Crippen molar-refractivity contribution in [3.05, 3.63) is 17.0 Å². The van der Waals surface area contributed by atoms with Gasteiger partial charge in [-0.1, -0.05) is 6.92 Å². The first-order valence-electron chi connectivity index (χ1n) is 5.69. The van der Waals surface area contributed by atoms with Crippen molar-refractivity contribution in [2.24, 2.45) is 5.92 Å². The van der Waals surface area contributed by atoms with E-state index in [0.29, 0.717) is 29.1 Å². The molecular formula is C11H16ClNO2S2. The maximum atomic E-state index is 12.3. The summed E-state index contributed by atoms with van der Waals surface area (Å²) in [6.07, 6.45) is 1.90. The average Bonchev–Trinajstić information content (AvgIpc) is 2.78. The number of halogens is 1. The lowest BCUT2D eigenvalue weighted by molar-refractivity contribution is 0.288. The van der Waals surface area contributed by atoms with Crippen LogP contribution in [0.15, 0.2) is 16.3 Å². The lowest BCUT2D eigenvalue weighted by Crippen LogP contribution is -2.37. The summed E-state index contributed by atoms with van der Waals surface area (Å²) in [6.45, 7) is 3.44. The van der Waals surface area contributed by atoms with Crippen molar-refractivity contribution in [2.75, 3.05) is 13.1 Å². The van der Waals surface area contributed by atoms with E-state index in [1.54, 1.807) is 16.4 Å². The summed E-state index contributed by atoms with van der Waals surface area (Å²) >= 11 is 6.97. The Labute approximate surface area is 111 Å². The summed E-state index contributed by atoms with van der Waals surface area (Å²) in [5.74, 6) is 1.00. The molecule has 1 aliphatic heterocycles. The summed E-state index contributed by atoms with van der Waals surface area (Å²) in [5.41, 5.74) is 0. The lowest BCUT2D eigenvalue weighted by Gasteiger charge is -2.28. The van der Waals surface area contributed by atoms with Crippen LogP contribution < -0.4 is 0 Å². The third kappa shape index (κ3) is 2.84. The predicted octanol–water partition coefficient (Wildman–Crippen LogP) is 2.91. The monoisotopic (exact) mass is 293 g/mol. The van der Waals surface area contributed by atoms with E-state index >= 15 is 0 Å². The van der Waals surface area contributed by atoms with Crippen molar-refractivity contribution in [3.63, 3.8) is 0 Å². The van der Waals surface area contributed by atoms with Gasteiger partial charge in [0, 0.05) is 18.0 Å². The van der Waals surface area contributed by atoms with Crippen LogP contribution in [-0.2, 0) is 15.9 Å². The second-order valence-corrected chi connectivity index (χ2v) is 8.04. The molecule has 0 aliphatic carbocycles. The van der Waals surface area contributed by atoms with E-state index in [-0.39, 0.29) is 0 Å². The topological polar surface area (TPSA) is 37.4 Å². The van der Waals surface area contributed by atoms with Crippen LogP contribution in [0.5, 0.6) is 0 Å². The van der Waals surface area contributed by atoms with Crippen LogP contribution in [0.25, 0.3) is 0 Å². The van der Waals surface area contributed by atoms with Crippen molar-refractivity contribution in [3.8, 4) is 0 Å². The number of nitrogens with zero attached hydrogens (tertiary/aromatic N) is 1. The first-order valence-corrected chi connectivity index (χ1v) is 8.48. The molecule has 1 aliphatic rings. The maximum absolute atomic E-state index is 12.3. The minimum Gasteiger partial charge on any atom is -0.206 e. The van der Waals surface area contributed by atoms with Crippen LogP contribution in [0, 0.1) is 5.92 Å². The molecule has 0 spiro atoms. The molecule has 1 aromatic rings. The second kappa shape index (κ2) is 5.26. The van der Waals surface area contributed by atoms with Gasteiger partial charge in [-0.3, -0.25) is 0 Å². The molecule has 17 heavy (non-hydrogen) atoms. The van der Waals surface area contributed by atoms with Crippen molar-refractivity contribution < 1.29 is 8.42 Å². The van der Waals surface area contributed by atoms with Gasteiger partial charge in [0.05, 0.1) is 5.88 Å². The second-order valence-electron chi connectivity index (χ2n) is 4.44. The third-order valence-electron chi connectivity index (χ3n) is 3.11. The molecule has 0 radical (unpaired) electrons. The highest BCUT2D eigenvalue weighted by atomic mass is 35.5. The Morgan fingerprint density at radius 3 is 2.59 bits per heavy atom. The summed E-state index contributed by atoms with van der Waals surface area (Å²) in [7, 11) is -3.28. The Bertz CT molecular complexity index is 475. The highest BCUT2D eigenvalue weighted by Gasteiger charge is 2.29. The summed E-state index contributed by atoms with van der Waals surface area (Å²) in [5, 5.41) is 0. The van der Waals surface area contributed by atoms with E-state index in [0.717, 1.165) is 17.7 Å². The Kier molecular flexibility index (Phi) is 4.13. The van der Waals surface area contributed by atoms with Crippen molar-refractivity contribution in [2.45, 2.75) is 29.9 Å². The van der Waals surface area contributed by atoms with Gasteiger partial charge in [0.2, 0.25) is 0 Å². The van der Waals surface area contributed by atoms with Crippen molar-refractivity contribution in [1.29, 1.82) is 0 Å². The fourth-order valence-electron chi connectivity index (χ4n) is 1.92. The first kappa shape index (κ1) is 13.3. The summed E-state index contributed by atoms with van der Waals surface area (Å²) in [4.78, 5) is 0.899. The Hall–Kier alpha value is -0.100. The van der Waals surface area contributed by atoms with Gasteiger partial charge in [0.15, 0.2) is 0 Å². The lowest BCUT2D eigenvalue weighted by atomic mass is 10.0. The zero-order chi connectivity index (χ0) is 12.5. The standard InChI is InChI=1S/C11H16ClNO2S2/c1-9-4-6-13(7-5-9)17(14,15)11-3-2-10(8-12)16-11/h2-3,9H,4-8H2,1H3. The molecule has 1 aromatic heterocycles. The molecule has 0 saturated carbocycles. The molecule has 0 aromatic carbocycles. The van der Waals surface area contributed by atoms with Gasteiger partial charge in [0.1, 0.15) is 4.21 Å². The van der Waals surface area contributed by atoms with Crippen molar-refractivity contribution in [1.82, 2.24) is 4.31 Å². The van der Waals surface area contributed by atoms with Gasteiger partial charge in [0.25, 0.3) is 10.0 Å². The molecule has 0 atom stereocenters. The fraction of sp³-hybridized carbons (Fsp3) is 0.636. The van der Waals surface area contributed by atoms with Crippen LogP contribution in [0.2, 0.25) is 0 Å². The fourth-order valence-corrected chi connectivity index (χ4v) is 5.00. The summed E-state index contributed by atoms with van der Waals surface area (Å²) < 4.78 is 26.6. The van der Waals surface area contributed by atoms with Gasteiger partial charge >= 0.3 is 0 Å². The molecule has 6 heteroatoms. The van der Waals surface area contributed by atoms with Gasteiger partial charge in [-0.2, -0.15) is 4.31 Å². The molecule has 1 fully saturated rings. The molecule has 96 valence electrons. The molecule has 0 bridgehead atoms. The zero-order valence-electron chi connectivity index (χ0n) is 9.73. The molecular weight excluding hydrogens is 278 g/mol. The number of piperidine rings is 1. The molecule has 2 rings (SSSR count). The number of hydrogen-bond acceptors (Lipinski definition) is 3. The number of alkyl halides is 1. The molecule has 3 nitrogen and oxygen atoms in total. The largest absolute Gasteiger partial charge is 0.252 e. The van der Waals surface area contributed by atoms with Gasteiger partial charge in [-0.05, 0) is 30.9 Å². The van der Waals surface area contributed by atoms with E-state index in [9.17, 15) is 8.42 Å². The number of thiophene rings is 1. The maximum Gasteiger partial charge on any atom is 0.252 e. The van der Waals surface area contributed by atoms with Crippen LogP contribution in [0.3, 0.4) is 0 Å². The minimum absolute atomic E-state index is 0.372. The first-order chi connectivity index (χ1) is 8.04. The SMILES string of the molecule is CC1CCN(S(=O)(=O)c2ccc(CCl)s2)CC1. The van der Waals surface area contributed by atoms with Crippen LogP contribution in [0.4, 0.5) is 0 Å². The van der Waals surface area contributed by atoms with Crippen LogP contribution >= 0.6 is 22.9 Å². The van der Waals surface area contributed by atoms with E-state index in [1.807, 2.05) is 0 Å². The highest BCUT2D eigenvalue weighted by molar-refractivity contribution is 7.91. The van der Waals surface area contributed by atoms with E-state index < -0.39 is 10.0 Å². The average molecular weight is 294 g/mol. The smallest absolute Gasteiger partial charge is 0.206 e. The normalized spacial score (nSPS) is 19.6. The van der Waals surface area contributed by atoms with Gasteiger partial charge in [-0.25, -0.2) is 8.42 Å². The third-order valence-corrected chi connectivity index (χ3v) is 7.00. The van der Waals surface area contributed by atoms with Crippen LogP contribution in [0.1, 0.15) is 24.6 Å². The van der Waals surface area contributed by atoms with E-state index in [1.165, 1.54) is 11.3 Å². The van der Waals surface area contributed by atoms with E-state index in [4.69, 9.17) is 11.6 Å². The summed E-state index contributed by atoms with van der Waals surface area (Å²) in [6, 6.07) is 3.45. The quantitative estimate of drug-likeness (QED) is 0.804. The molecule has 0 amide bonds.